The van der Waals surface area contributed by atoms with Crippen LogP contribution in [0.3, 0.4) is 0 Å². The van der Waals surface area contributed by atoms with Gasteiger partial charge in [0, 0.05) is 6.54 Å². The lowest BCUT2D eigenvalue weighted by atomic mass is 10.00. The zero-order chi connectivity index (χ0) is 15.3. The van der Waals surface area contributed by atoms with E-state index in [9.17, 15) is 13.2 Å². The summed E-state index contributed by atoms with van der Waals surface area (Å²) in [5, 5.41) is 3.23. The van der Waals surface area contributed by atoms with Crippen LogP contribution in [0.2, 0.25) is 0 Å². The highest BCUT2D eigenvalue weighted by Crippen LogP contribution is 2.23. The molecule has 0 atom stereocenters. The fourth-order valence-corrected chi connectivity index (χ4v) is 3.34. The predicted molar refractivity (Wildman–Crippen MR) is 80.5 cm³/mol. The Labute approximate surface area is 124 Å². The summed E-state index contributed by atoms with van der Waals surface area (Å²) in [6, 6.07) is 5.59. The topological polar surface area (TPSA) is 84.5 Å². The second kappa shape index (κ2) is 6.91. The molecule has 1 aromatic carbocycles. The number of ether oxygens (including phenoxy) is 1. The number of nitrogens with one attached hydrogen (secondary N) is 2. The van der Waals surface area contributed by atoms with Crippen molar-refractivity contribution in [3.05, 3.63) is 29.3 Å². The zero-order valence-corrected chi connectivity index (χ0v) is 12.8. The van der Waals surface area contributed by atoms with Gasteiger partial charge < -0.3 is 10.1 Å². The highest BCUT2D eigenvalue weighted by molar-refractivity contribution is 7.92. The number of carbonyl (C=O) groups is 1. The molecule has 0 saturated heterocycles. The monoisotopic (exact) mass is 312 g/mol. The molecule has 2 N–H and O–H groups in total. The number of rotatable bonds is 6. The minimum atomic E-state index is -3.56. The fraction of sp³-hybridized carbons (Fsp3) is 0.500. The molecule has 0 saturated carbocycles. The normalized spacial score (nSPS) is 14.3. The van der Waals surface area contributed by atoms with E-state index in [0.717, 1.165) is 24.1 Å². The van der Waals surface area contributed by atoms with Gasteiger partial charge in [-0.1, -0.05) is 12.1 Å². The third-order valence-electron chi connectivity index (χ3n) is 3.29. The Kier molecular flexibility index (Phi) is 5.19. The van der Waals surface area contributed by atoms with Gasteiger partial charge in [-0.2, -0.15) is 0 Å². The van der Waals surface area contributed by atoms with E-state index in [4.69, 9.17) is 4.74 Å². The molecule has 6 nitrogen and oxygen atoms in total. The Bertz CT molecular complexity index is 613. The Morgan fingerprint density at radius 1 is 1.43 bits per heavy atom. The molecule has 116 valence electrons. The molecule has 0 fully saturated rings. The summed E-state index contributed by atoms with van der Waals surface area (Å²) >= 11 is 0. The number of esters is 1. The van der Waals surface area contributed by atoms with Crippen LogP contribution in [-0.4, -0.2) is 33.3 Å². The predicted octanol–water partition coefficient (Wildman–Crippen LogP) is 1.03. The molecule has 0 radical (unpaired) electrons. The van der Waals surface area contributed by atoms with E-state index in [1.54, 1.807) is 13.0 Å². The minimum absolute atomic E-state index is 0.142. The molecular weight excluding hydrogens is 292 g/mol. The van der Waals surface area contributed by atoms with Crippen molar-refractivity contribution in [1.29, 1.82) is 0 Å². The van der Waals surface area contributed by atoms with Crippen molar-refractivity contribution in [1.82, 2.24) is 5.32 Å². The molecule has 0 aliphatic carbocycles. The molecule has 0 amide bonds. The van der Waals surface area contributed by atoms with E-state index < -0.39 is 16.0 Å². The van der Waals surface area contributed by atoms with Crippen molar-refractivity contribution in [3.8, 4) is 0 Å². The first-order valence-corrected chi connectivity index (χ1v) is 8.64. The molecule has 1 heterocycles. The van der Waals surface area contributed by atoms with Crippen LogP contribution < -0.4 is 10.0 Å². The van der Waals surface area contributed by atoms with Gasteiger partial charge in [0.1, 0.15) is 0 Å². The van der Waals surface area contributed by atoms with Gasteiger partial charge in [0.2, 0.25) is 10.0 Å². The van der Waals surface area contributed by atoms with Crippen molar-refractivity contribution in [2.45, 2.75) is 26.3 Å². The summed E-state index contributed by atoms with van der Waals surface area (Å²) in [5.41, 5.74) is 2.71. The van der Waals surface area contributed by atoms with Crippen LogP contribution in [0.5, 0.6) is 0 Å². The van der Waals surface area contributed by atoms with Crippen LogP contribution in [0.25, 0.3) is 0 Å². The molecule has 7 heteroatoms. The maximum atomic E-state index is 12.1. The SMILES string of the molecule is CCOC(=O)CCS(=O)(=O)Nc1cccc2c1CNCC2. The van der Waals surface area contributed by atoms with Gasteiger partial charge in [-0.15, -0.1) is 0 Å². The quantitative estimate of drug-likeness (QED) is 0.766. The van der Waals surface area contributed by atoms with E-state index in [1.165, 1.54) is 0 Å². The molecule has 2 rings (SSSR count). The van der Waals surface area contributed by atoms with Crippen molar-refractivity contribution in [2.24, 2.45) is 0 Å². The number of carbonyl (C=O) groups excluding carboxylic acids is 1. The maximum absolute atomic E-state index is 12.1. The Balaban J connectivity index is 2.05. The smallest absolute Gasteiger partial charge is 0.306 e. The third kappa shape index (κ3) is 4.44. The van der Waals surface area contributed by atoms with E-state index in [-0.39, 0.29) is 18.8 Å². The third-order valence-corrected chi connectivity index (χ3v) is 4.56. The second-order valence-electron chi connectivity index (χ2n) is 4.85. The zero-order valence-electron chi connectivity index (χ0n) is 12.0. The first kappa shape index (κ1) is 15.8. The first-order valence-electron chi connectivity index (χ1n) is 6.99. The van der Waals surface area contributed by atoms with Crippen LogP contribution in [0, 0.1) is 0 Å². The Morgan fingerprint density at radius 2 is 2.24 bits per heavy atom. The number of fused-ring (bicyclic) bond motifs is 1. The molecular formula is C14H20N2O4S. The summed E-state index contributed by atoms with van der Waals surface area (Å²) in [4.78, 5) is 11.3. The summed E-state index contributed by atoms with van der Waals surface area (Å²) in [6.07, 6.45) is 0.740. The molecule has 1 aromatic rings. The molecule has 0 unspecified atom stereocenters. The molecule has 0 aromatic heterocycles. The van der Waals surface area contributed by atoms with Crippen LogP contribution in [0.1, 0.15) is 24.5 Å². The van der Waals surface area contributed by atoms with Crippen LogP contribution in [-0.2, 0) is 32.5 Å². The van der Waals surface area contributed by atoms with Crippen molar-refractivity contribution < 1.29 is 17.9 Å². The summed E-state index contributed by atoms with van der Waals surface area (Å²) in [5.74, 6) is -0.775. The largest absolute Gasteiger partial charge is 0.466 e. The molecule has 0 spiro atoms. The highest BCUT2D eigenvalue weighted by atomic mass is 32.2. The van der Waals surface area contributed by atoms with Crippen LogP contribution >= 0.6 is 0 Å². The summed E-state index contributed by atoms with van der Waals surface area (Å²) in [7, 11) is -3.56. The van der Waals surface area contributed by atoms with E-state index in [1.807, 2.05) is 12.1 Å². The molecule has 1 aliphatic rings. The van der Waals surface area contributed by atoms with Gasteiger partial charge in [-0.05, 0) is 37.1 Å². The highest BCUT2D eigenvalue weighted by Gasteiger charge is 2.18. The Hall–Kier alpha value is -1.60. The van der Waals surface area contributed by atoms with Gasteiger partial charge in [-0.25, -0.2) is 8.42 Å². The fourth-order valence-electron chi connectivity index (χ4n) is 2.28. The molecule has 1 aliphatic heterocycles. The Morgan fingerprint density at radius 3 is 3.00 bits per heavy atom. The van der Waals surface area contributed by atoms with Gasteiger partial charge in [0.25, 0.3) is 0 Å². The lowest BCUT2D eigenvalue weighted by molar-refractivity contribution is -0.142. The number of anilines is 1. The van der Waals surface area contributed by atoms with E-state index >= 15 is 0 Å². The number of sulfonamides is 1. The van der Waals surface area contributed by atoms with Gasteiger partial charge in [-0.3, -0.25) is 9.52 Å². The number of hydrogen-bond acceptors (Lipinski definition) is 5. The maximum Gasteiger partial charge on any atom is 0.306 e. The minimum Gasteiger partial charge on any atom is -0.466 e. The summed E-state index contributed by atoms with van der Waals surface area (Å²) in [6.45, 7) is 3.48. The van der Waals surface area contributed by atoms with Crippen LogP contribution in [0.15, 0.2) is 18.2 Å². The van der Waals surface area contributed by atoms with Gasteiger partial charge >= 0.3 is 5.97 Å². The van der Waals surface area contributed by atoms with Gasteiger partial charge in [0.05, 0.1) is 24.5 Å². The molecule has 21 heavy (non-hydrogen) atoms. The number of hydrogen-bond donors (Lipinski definition) is 2. The second-order valence-corrected chi connectivity index (χ2v) is 6.69. The van der Waals surface area contributed by atoms with Crippen molar-refractivity contribution >= 4 is 21.7 Å². The van der Waals surface area contributed by atoms with Crippen LogP contribution in [0.4, 0.5) is 5.69 Å². The average Bonchev–Trinajstić information content (AvgIpc) is 2.46. The van der Waals surface area contributed by atoms with E-state index in [2.05, 4.69) is 10.0 Å². The molecule has 0 bridgehead atoms. The number of benzene rings is 1. The summed E-state index contributed by atoms with van der Waals surface area (Å²) < 4.78 is 31.4. The van der Waals surface area contributed by atoms with Crippen molar-refractivity contribution in [2.75, 3.05) is 23.6 Å². The van der Waals surface area contributed by atoms with Gasteiger partial charge in [0.15, 0.2) is 0 Å². The van der Waals surface area contributed by atoms with Crippen molar-refractivity contribution in [3.63, 3.8) is 0 Å². The first-order chi connectivity index (χ1) is 10.0. The average molecular weight is 312 g/mol. The standard InChI is InChI=1S/C14H20N2O4S/c1-2-20-14(17)7-9-21(18,19)16-13-5-3-4-11-6-8-15-10-12(11)13/h3-5,15-16H,2,6-10H2,1H3. The lowest BCUT2D eigenvalue weighted by Crippen LogP contribution is -2.26. The lowest BCUT2D eigenvalue weighted by Gasteiger charge is -2.21. The van der Waals surface area contributed by atoms with E-state index in [0.29, 0.717) is 12.2 Å².